The number of rotatable bonds is 5. The maximum absolute atomic E-state index is 12.1. The SMILES string of the molecule is CCN(CCBr)C(=O)Cc1noc2ccccc12. The van der Waals surface area contributed by atoms with E-state index in [9.17, 15) is 4.79 Å². The third kappa shape index (κ3) is 2.72. The van der Waals surface area contributed by atoms with E-state index in [0.717, 1.165) is 16.3 Å². The van der Waals surface area contributed by atoms with Crippen molar-refractivity contribution in [2.24, 2.45) is 0 Å². The van der Waals surface area contributed by atoms with Crippen molar-refractivity contribution < 1.29 is 9.32 Å². The summed E-state index contributed by atoms with van der Waals surface area (Å²) < 4.78 is 5.19. The van der Waals surface area contributed by atoms with E-state index < -0.39 is 0 Å². The molecular weight excluding hydrogens is 296 g/mol. The van der Waals surface area contributed by atoms with Crippen molar-refractivity contribution in [1.82, 2.24) is 10.1 Å². The predicted molar refractivity (Wildman–Crippen MR) is 73.8 cm³/mol. The molecule has 5 heteroatoms. The van der Waals surface area contributed by atoms with Crippen LogP contribution in [0.3, 0.4) is 0 Å². The van der Waals surface area contributed by atoms with E-state index in [0.29, 0.717) is 18.8 Å². The minimum atomic E-state index is 0.0796. The van der Waals surface area contributed by atoms with Crippen molar-refractivity contribution in [3.05, 3.63) is 30.0 Å². The molecule has 1 aromatic heterocycles. The average Bonchev–Trinajstić information content (AvgIpc) is 2.79. The average molecular weight is 311 g/mol. The number of amides is 1. The number of halogens is 1. The molecule has 0 saturated carbocycles. The molecule has 0 fully saturated rings. The molecule has 0 aliphatic carbocycles. The first-order valence-corrected chi connectivity index (χ1v) is 7.05. The van der Waals surface area contributed by atoms with E-state index in [-0.39, 0.29) is 12.3 Å². The highest BCUT2D eigenvalue weighted by Crippen LogP contribution is 2.18. The number of hydrogen-bond donors (Lipinski definition) is 0. The van der Waals surface area contributed by atoms with Crippen molar-refractivity contribution in [1.29, 1.82) is 0 Å². The number of likely N-dealkylation sites (N-methyl/N-ethyl adjacent to an activating group) is 1. The van der Waals surface area contributed by atoms with Crippen LogP contribution in [0.25, 0.3) is 11.0 Å². The van der Waals surface area contributed by atoms with Crippen LogP contribution in [0.4, 0.5) is 0 Å². The van der Waals surface area contributed by atoms with Gasteiger partial charge in [0.25, 0.3) is 0 Å². The zero-order chi connectivity index (χ0) is 13.0. The summed E-state index contributed by atoms with van der Waals surface area (Å²) in [6.07, 6.45) is 0.290. The van der Waals surface area contributed by atoms with Gasteiger partial charge in [0.2, 0.25) is 5.91 Å². The van der Waals surface area contributed by atoms with Crippen molar-refractivity contribution in [3.63, 3.8) is 0 Å². The fourth-order valence-electron chi connectivity index (χ4n) is 1.88. The van der Waals surface area contributed by atoms with Crippen molar-refractivity contribution in [3.8, 4) is 0 Å². The fourth-order valence-corrected chi connectivity index (χ4v) is 2.31. The second-order valence-corrected chi connectivity index (χ2v) is 4.76. The van der Waals surface area contributed by atoms with Gasteiger partial charge in [0.05, 0.1) is 6.42 Å². The first-order chi connectivity index (χ1) is 8.76. The Bertz CT molecular complexity index is 539. The van der Waals surface area contributed by atoms with Crippen LogP contribution in [0.1, 0.15) is 12.6 Å². The summed E-state index contributed by atoms with van der Waals surface area (Å²) in [6.45, 7) is 3.40. The highest BCUT2D eigenvalue weighted by atomic mass is 79.9. The summed E-state index contributed by atoms with van der Waals surface area (Å²) in [5.74, 6) is 0.0796. The molecule has 96 valence electrons. The Balaban J connectivity index is 2.16. The van der Waals surface area contributed by atoms with E-state index >= 15 is 0 Å². The molecule has 0 bridgehead atoms. The summed E-state index contributed by atoms with van der Waals surface area (Å²) in [5, 5.41) is 5.68. The van der Waals surface area contributed by atoms with Crippen LogP contribution in [-0.4, -0.2) is 34.4 Å². The smallest absolute Gasteiger partial charge is 0.228 e. The minimum absolute atomic E-state index is 0.0796. The Hall–Kier alpha value is -1.36. The van der Waals surface area contributed by atoms with Gasteiger partial charge < -0.3 is 9.42 Å². The van der Waals surface area contributed by atoms with Crippen LogP contribution in [-0.2, 0) is 11.2 Å². The number of benzene rings is 1. The van der Waals surface area contributed by atoms with Crippen molar-refractivity contribution >= 4 is 32.8 Å². The van der Waals surface area contributed by atoms with Crippen LogP contribution in [0.2, 0.25) is 0 Å². The van der Waals surface area contributed by atoms with Gasteiger partial charge in [-0.25, -0.2) is 0 Å². The number of nitrogens with zero attached hydrogens (tertiary/aromatic N) is 2. The van der Waals surface area contributed by atoms with Crippen LogP contribution in [0.5, 0.6) is 0 Å². The lowest BCUT2D eigenvalue weighted by atomic mass is 10.1. The molecule has 1 aromatic carbocycles. The molecule has 18 heavy (non-hydrogen) atoms. The summed E-state index contributed by atoms with van der Waals surface area (Å²) in [4.78, 5) is 13.9. The lowest BCUT2D eigenvalue weighted by molar-refractivity contribution is -0.130. The number of hydrogen-bond acceptors (Lipinski definition) is 3. The highest BCUT2D eigenvalue weighted by molar-refractivity contribution is 9.09. The lowest BCUT2D eigenvalue weighted by Gasteiger charge is -2.18. The van der Waals surface area contributed by atoms with Gasteiger partial charge in [0.1, 0.15) is 5.69 Å². The van der Waals surface area contributed by atoms with Gasteiger partial charge in [-0.15, -0.1) is 0 Å². The Morgan fingerprint density at radius 2 is 2.22 bits per heavy atom. The Kier molecular flexibility index (Phi) is 4.36. The predicted octanol–water partition coefficient (Wildman–Crippen LogP) is 2.61. The van der Waals surface area contributed by atoms with E-state index in [1.807, 2.05) is 31.2 Å². The second kappa shape index (κ2) is 6.00. The number of carbonyl (C=O) groups is 1. The van der Waals surface area contributed by atoms with Crippen LogP contribution < -0.4 is 0 Å². The van der Waals surface area contributed by atoms with Crippen LogP contribution in [0.15, 0.2) is 28.8 Å². The lowest BCUT2D eigenvalue weighted by Crippen LogP contribution is -2.33. The maximum Gasteiger partial charge on any atom is 0.228 e. The summed E-state index contributed by atoms with van der Waals surface area (Å²) in [7, 11) is 0. The van der Waals surface area contributed by atoms with Gasteiger partial charge >= 0.3 is 0 Å². The van der Waals surface area contributed by atoms with Crippen molar-refractivity contribution in [2.75, 3.05) is 18.4 Å². The molecule has 2 rings (SSSR count). The molecule has 1 heterocycles. The summed E-state index contributed by atoms with van der Waals surface area (Å²) in [6, 6.07) is 7.59. The monoisotopic (exact) mass is 310 g/mol. The van der Waals surface area contributed by atoms with Gasteiger partial charge in [-0.05, 0) is 19.1 Å². The number of para-hydroxylation sites is 1. The molecule has 0 aliphatic rings. The molecule has 0 radical (unpaired) electrons. The third-order valence-corrected chi connectivity index (χ3v) is 3.21. The first kappa shape index (κ1) is 13.1. The van der Waals surface area contributed by atoms with Crippen LogP contribution in [0, 0.1) is 0 Å². The molecule has 0 atom stereocenters. The zero-order valence-corrected chi connectivity index (χ0v) is 11.8. The fraction of sp³-hybridized carbons (Fsp3) is 0.385. The van der Waals surface area contributed by atoms with E-state index in [1.54, 1.807) is 4.90 Å². The van der Waals surface area contributed by atoms with Crippen LogP contribution >= 0.6 is 15.9 Å². The largest absolute Gasteiger partial charge is 0.356 e. The summed E-state index contributed by atoms with van der Waals surface area (Å²) in [5.41, 5.74) is 1.44. The van der Waals surface area contributed by atoms with E-state index in [2.05, 4.69) is 21.1 Å². The van der Waals surface area contributed by atoms with Gasteiger partial charge in [-0.3, -0.25) is 4.79 Å². The van der Waals surface area contributed by atoms with Gasteiger partial charge in [-0.2, -0.15) is 0 Å². The zero-order valence-electron chi connectivity index (χ0n) is 10.2. The Labute approximate surface area is 114 Å². The number of aromatic nitrogens is 1. The molecule has 2 aromatic rings. The quantitative estimate of drug-likeness (QED) is 0.798. The number of carbonyl (C=O) groups excluding carboxylic acids is 1. The minimum Gasteiger partial charge on any atom is -0.356 e. The Morgan fingerprint density at radius 3 is 2.94 bits per heavy atom. The molecule has 0 unspecified atom stereocenters. The molecule has 1 amide bonds. The third-order valence-electron chi connectivity index (χ3n) is 2.86. The number of fused-ring (bicyclic) bond motifs is 1. The number of alkyl halides is 1. The molecule has 0 spiro atoms. The Morgan fingerprint density at radius 1 is 1.44 bits per heavy atom. The topological polar surface area (TPSA) is 46.3 Å². The van der Waals surface area contributed by atoms with Gasteiger partial charge in [-0.1, -0.05) is 33.2 Å². The summed E-state index contributed by atoms with van der Waals surface area (Å²) >= 11 is 3.35. The van der Waals surface area contributed by atoms with Gasteiger partial charge in [0.15, 0.2) is 5.58 Å². The highest BCUT2D eigenvalue weighted by Gasteiger charge is 2.16. The standard InChI is InChI=1S/C13H15BrN2O2/c1-2-16(8-7-14)13(17)9-11-10-5-3-4-6-12(10)18-15-11/h3-6H,2,7-9H2,1H3. The maximum atomic E-state index is 12.1. The van der Waals surface area contributed by atoms with E-state index in [4.69, 9.17) is 4.52 Å². The first-order valence-electron chi connectivity index (χ1n) is 5.93. The molecule has 4 nitrogen and oxygen atoms in total. The molecule has 0 aliphatic heterocycles. The van der Waals surface area contributed by atoms with Crippen molar-refractivity contribution in [2.45, 2.75) is 13.3 Å². The molecule has 0 N–H and O–H groups in total. The molecular formula is C13H15BrN2O2. The van der Waals surface area contributed by atoms with E-state index in [1.165, 1.54) is 0 Å². The normalized spacial score (nSPS) is 10.8. The molecule has 0 saturated heterocycles. The van der Waals surface area contributed by atoms with Gasteiger partial charge in [0, 0.05) is 23.8 Å². The second-order valence-electron chi connectivity index (χ2n) is 3.96.